The summed E-state index contributed by atoms with van der Waals surface area (Å²) in [6.45, 7) is 1.60. The van der Waals surface area contributed by atoms with E-state index in [1.54, 1.807) is 0 Å². The van der Waals surface area contributed by atoms with Crippen LogP contribution in [0.5, 0.6) is 0 Å². The molecule has 1 aliphatic heterocycles. The summed E-state index contributed by atoms with van der Waals surface area (Å²) >= 11 is 0. The SMILES string of the molecule is NC(=O)NC1=NCCCN1.NC(=O)Nc1ccccc1C(F)(F)F. The Kier molecular flexibility index (Phi) is 6.83. The second-order valence-electron chi connectivity index (χ2n) is 4.53. The molecule has 0 aromatic heterocycles. The van der Waals surface area contributed by atoms with E-state index in [2.05, 4.69) is 15.6 Å². The number of anilines is 1. The summed E-state index contributed by atoms with van der Waals surface area (Å²) in [6, 6.07) is 3.00. The standard InChI is InChI=1S/C8H7F3N2O.C5H10N4O/c9-8(10,11)5-3-1-2-4-6(5)13-7(12)14;6-4(10)9-5-7-2-1-3-8-5/h1-4H,(H3,12,13,14);1-3H2,(H4,6,7,8,9,10). The number of alkyl halides is 3. The maximum atomic E-state index is 12.3. The number of nitrogens with two attached hydrogens (primary N) is 2. The lowest BCUT2D eigenvalue weighted by Gasteiger charge is -2.13. The highest BCUT2D eigenvalue weighted by atomic mass is 19.4. The molecule has 0 saturated heterocycles. The minimum Gasteiger partial charge on any atom is -0.356 e. The van der Waals surface area contributed by atoms with Crippen molar-refractivity contribution in [3.8, 4) is 0 Å². The molecule has 1 heterocycles. The first-order chi connectivity index (χ1) is 11.2. The number of nitrogens with zero attached hydrogens (tertiary/aromatic N) is 1. The fourth-order valence-corrected chi connectivity index (χ4v) is 1.71. The molecule has 132 valence electrons. The molecule has 11 heteroatoms. The van der Waals surface area contributed by atoms with Crippen LogP contribution in [0, 0.1) is 0 Å². The predicted molar refractivity (Wildman–Crippen MR) is 82.3 cm³/mol. The summed E-state index contributed by atoms with van der Waals surface area (Å²) in [5, 5.41) is 7.15. The first kappa shape index (κ1) is 19.1. The van der Waals surface area contributed by atoms with Gasteiger partial charge in [-0.15, -0.1) is 0 Å². The first-order valence-corrected chi connectivity index (χ1v) is 6.77. The molecule has 0 saturated carbocycles. The molecule has 0 radical (unpaired) electrons. The van der Waals surface area contributed by atoms with Crippen LogP contribution < -0.4 is 27.4 Å². The van der Waals surface area contributed by atoms with Gasteiger partial charge in [-0.3, -0.25) is 10.3 Å². The van der Waals surface area contributed by atoms with Gasteiger partial charge in [0.05, 0.1) is 11.3 Å². The van der Waals surface area contributed by atoms with Crippen molar-refractivity contribution >= 4 is 23.7 Å². The van der Waals surface area contributed by atoms with Crippen molar-refractivity contribution in [2.75, 3.05) is 18.4 Å². The predicted octanol–water partition coefficient (Wildman–Crippen LogP) is 1.20. The molecule has 1 aromatic rings. The van der Waals surface area contributed by atoms with Gasteiger partial charge in [-0.2, -0.15) is 13.2 Å². The molecule has 24 heavy (non-hydrogen) atoms. The highest BCUT2D eigenvalue weighted by Crippen LogP contribution is 2.34. The Bertz CT molecular complexity index is 618. The lowest BCUT2D eigenvalue weighted by atomic mass is 10.2. The van der Waals surface area contributed by atoms with Crippen molar-refractivity contribution < 1.29 is 22.8 Å². The van der Waals surface area contributed by atoms with Crippen LogP contribution in [0.3, 0.4) is 0 Å². The summed E-state index contributed by atoms with van der Waals surface area (Å²) in [5.41, 5.74) is 8.31. The first-order valence-electron chi connectivity index (χ1n) is 6.77. The van der Waals surface area contributed by atoms with Crippen molar-refractivity contribution in [3.05, 3.63) is 29.8 Å². The zero-order chi connectivity index (χ0) is 18.2. The van der Waals surface area contributed by atoms with E-state index >= 15 is 0 Å². The van der Waals surface area contributed by atoms with Gasteiger partial charge in [-0.1, -0.05) is 12.1 Å². The Labute approximate surface area is 135 Å². The average molecular weight is 346 g/mol. The highest BCUT2D eigenvalue weighted by molar-refractivity contribution is 5.95. The third-order valence-corrected chi connectivity index (χ3v) is 2.63. The van der Waals surface area contributed by atoms with Gasteiger partial charge in [0.25, 0.3) is 0 Å². The quantitative estimate of drug-likeness (QED) is 0.523. The van der Waals surface area contributed by atoms with E-state index < -0.39 is 23.8 Å². The van der Waals surface area contributed by atoms with Crippen LogP contribution in [0.1, 0.15) is 12.0 Å². The Hall–Kier alpha value is -2.98. The maximum Gasteiger partial charge on any atom is 0.418 e. The van der Waals surface area contributed by atoms with Crippen LogP contribution in [0.4, 0.5) is 28.4 Å². The highest BCUT2D eigenvalue weighted by Gasteiger charge is 2.33. The van der Waals surface area contributed by atoms with Crippen molar-refractivity contribution in [2.45, 2.75) is 12.6 Å². The number of hydrogen-bond acceptors (Lipinski definition) is 4. The molecule has 0 unspecified atom stereocenters. The fraction of sp³-hybridized carbons (Fsp3) is 0.308. The minimum absolute atomic E-state index is 0.340. The van der Waals surface area contributed by atoms with Gasteiger partial charge in [0.15, 0.2) is 5.96 Å². The van der Waals surface area contributed by atoms with Gasteiger partial charge in [0.2, 0.25) is 0 Å². The van der Waals surface area contributed by atoms with Crippen LogP contribution >= 0.6 is 0 Å². The average Bonchev–Trinajstić information content (AvgIpc) is 2.47. The number of amides is 4. The van der Waals surface area contributed by atoms with Crippen LogP contribution in [-0.2, 0) is 6.18 Å². The maximum absolute atomic E-state index is 12.3. The molecule has 4 amide bonds. The van der Waals surface area contributed by atoms with Gasteiger partial charge in [-0.25, -0.2) is 9.59 Å². The summed E-state index contributed by atoms with van der Waals surface area (Å²) in [4.78, 5) is 24.6. The molecule has 0 spiro atoms. The number of carbonyl (C=O) groups excluding carboxylic acids is 2. The molecule has 8 nitrogen and oxygen atoms in total. The lowest BCUT2D eigenvalue weighted by molar-refractivity contribution is -0.136. The molecular formula is C13H17F3N6O2. The zero-order valence-corrected chi connectivity index (χ0v) is 12.5. The summed E-state index contributed by atoms with van der Waals surface area (Å²) in [5.74, 6) is 0.485. The van der Waals surface area contributed by atoms with E-state index in [1.165, 1.54) is 12.1 Å². The molecule has 1 aliphatic rings. The number of aliphatic imine (C=N–C) groups is 1. The van der Waals surface area contributed by atoms with E-state index in [9.17, 15) is 22.8 Å². The fourth-order valence-electron chi connectivity index (χ4n) is 1.71. The topological polar surface area (TPSA) is 135 Å². The number of primary amides is 2. The van der Waals surface area contributed by atoms with Gasteiger partial charge in [0.1, 0.15) is 0 Å². The number of para-hydroxylation sites is 1. The van der Waals surface area contributed by atoms with Gasteiger partial charge < -0.3 is 22.1 Å². The monoisotopic (exact) mass is 346 g/mol. The summed E-state index contributed by atoms with van der Waals surface area (Å²) < 4.78 is 36.9. The normalized spacial score (nSPS) is 13.5. The number of hydrogen-bond donors (Lipinski definition) is 5. The van der Waals surface area contributed by atoms with Gasteiger partial charge in [-0.05, 0) is 18.6 Å². The smallest absolute Gasteiger partial charge is 0.356 e. The van der Waals surface area contributed by atoms with Gasteiger partial charge >= 0.3 is 18.2 Å². The third kappa shape index (κ3) is 6.85. The Balaban J connectivity index is 0.000000254. The number of carbonyl (C=O) groups is 2. The van der Waals surface area contributed by atoms with Crippen LogP contribution in [0.25, 0.3) is 0 Å². The molecular weight excluding hydrogens is 329 g/mol. The number of halogens is 3. The van der Waals surface area contributed by atoms with Gasteiger partial charge in [0, 0.05) is 13.1 Å². The second kappa shape index (κ2) is 8.60. The zero-order valence-electron chi connectivity index (χ0n) is 12.5. The lowest BCUT2D eigenvalue weighted by Crippen LogP contribution is -2.45. The van der Waals surface area contributed by atoms with Crippen LogP contribution in [-0.4, -0.2) is 31.1 Å². The van der Waals surface area contributed by atoms with Crippen LogP contribution in [0.2, 0.25) is 0 Å². The Morgan fingerprint density at radius 1 is 1.12 bits per heavy atom. The summed E-state index contributed by atoms with van der Waals surface area (Å²) in [6.07, 6.45) is -3.50. The van der Waals surface area contributed by atoms with E-state index in [4.69, 9.17) is 11.5 Å². The number of nitrogens with one attached hydrogen (secondary N) is 3. The molecule has 7 N–H and O–H groups in total. The number of benzene rings is 1. The van der Waals surface area contributed by atoms with E-state index in [-0.39, 0.29) is 5.69 Å². The molecule has 2 rings (SSSR count). The van der Waals surface area contributed by atoms with Crippen molar-refractivity contribution in [1.29, 1.82) is 0 Å². The number of rotatable bonds is 1. The van der Waals surface area contributed by atoms with Crippen molar-refractivity contribution in [2.24, 2.45) is 16.5 Å². The van der Waals surface area contributed by atoms with E-state index in [0.29, 0.717) is 5.96 Å². The molecule has 0 aliphatic carbocycles. The van der Waals surface area contributed by atoms with E-state index in [0.717, 1.165) is 31.6 Å². The molecule has 1 aromatic carbocycles. The second-order valence-corrected chi connectivity index (χ2v) is 4.53. The van der Waals surface area contributed by atoms with E-state index in [1.807, 2.05) is 5.32 Å². The Morgan fingerprint density at radius 2 is 1.75 bits per heavy atom. The number of urea groups is 2. The van der Waals surface area contributed by atoms with Crippen molar-refractivity contribution in [3.63, 3.8) is 0 Å². The largest absolute Gasteiger partial charge is 0.418 e. The summed E-state index contributed by atoms with van der Waals surface area (Å²) in [7, 11) is 0. The van der Waals surface area contributed by atoms with Crippen molar-refractivity contribution in [1.82, 2.24) is 10.6 Å². The molecule has 0 fully saturated rings. The number of guanidine groups is 1. The molecule has 0 atom stereocenters. The Morgan fingerprint density at radius 3 is 2.25 bits per heavy atom. The minimum atomic E-state index is -4.50. The van der Waals surface area contributed by atoms with Crippen LogP contribution in [0.15, 0.2) is 29.3 Å². The molecule has 0 bridgehead atoms. The third-order valence-electron chi connectivity index (χ3n) is 2.63.